The largest absolute Gasteiger partial charge is 0.348 e. The van der Waals surface area contributed by atoms with Crippen molar-refractivity contribution in [3.8, 4) is 0 Å². The second kappa shape index (κ2) is 8.35. The van der Waals surface area contributed by atoms with Gasteiger partial charge in [-0.1, -0.05) is 39.3 Å². The van der Waals surface area contributed by atoms with Gasteiger partial charge >= 0.3 is 11.8 Å². The summed E-state index contributed by atoms with van der Waals surface area (Å²) in [6.07, 6.45) is 3.36. The normalized spacial score (nSPS) is 10.4. The quantitative estimate of drug-likeness (QED) is 0.785. The van der Waals surface area contributed by atoms with Gasteiger partial charge in [-0.25, -0.2) is 0 Å². The van der Waals surface area contributed by atoms with Gasteiger partial charge in [0.2, 0.25) is 0 Å². The van der Waals surface area contributed by atoms with Crippen LogP contribution < -0.4 is 10.6 Å². The van der Waals surface area contributed by atoms with E-state index in [1.807, 2.05) is 38.1 Å². The van der Waals surface area contributed by atoms with Gasteiger partial charge in [0.15, 0.2) is 0 Å². The summed E-state index contributed by atoms with van der Waals surface area (Å²) in [5.41, 5.74) is 1.89. The molecule has 2 amide bonds. The van der Waals surface area contributed by atoms with Crippen molar-refractivity contribution in [2.75, 3.05) is 11.9 Å². The zero-order valence-electron chi connectivity index (χ0n) is 12.5. The Balaban J connectivity index is 2.47. The topological polar surface area (TPSA) is 58.2 Å². The average molecular weight is 276 g/mol. The van der Waals surface area contributed by atoms with Gasteiger partial charge < -0.3 is 10.6 Å². The van der Waals surface area contributed by atoms with Crippen LogP contribution in [0, 0.1) is 5.92 Å². The van der Waals surface area contributed by atoms with Crippen LogP contribution >= 0.6 is 0 Å². The molecular formula is C16H24N2O2. The van der Waals surface area contributed by atoms with E-state index in [0.29, 0.717) is 18.2 Å². The molecule has 1 aromatic rings. The van der Waals surface area contributed by atoms with Crippen LogP contribution in [0.2, 0.25) is 0 Å². The molecule has 0 aliphatic carbocycles. The fourth-order valence-electron chi connectivity index (χ4n) is 1.70. The standard InChI is InChI=1S/C16H24N2O2/c1-4-5-6-13-7-9-14(10-8-13)18-16(20)15(19)17-11-12(2)3/h7-10,12H,4-6,11H2,1-3H3,(H,17,19)(H,18,20). The van der Waals surface area contributed by atoms with Crippen molar-refractivity contribution >= 4 is 17.5 Å². The van der Waals surface area contributed by atoms with Crippen molar-refractivity contribution in [2.45, 2.75) is 40.0 Å². The van der Waals surface area contributed by atoms with E-state index in [1.54, 1.807) is 0 Å². The Hall–Kier alpha value is -1.84. The molecule has 4 nitrogen and oxygen atoms in total. The second-order valence-corrected chi connectivity index (χ2v) is 5.36. The third-order valence-corrected chi connectivity index (χ3v) is 2.91. The number of anilines is 1. The van der Waals surface area contributed by atoms with Crippen LogP contribution in [0.4, 0.5) is 5.69 Å². The third kappa shape index (κ3) is 5.87. The monoisotopic (exact) mass is 276 g/mol. The molecule has 0 aromatic heterocycles. The predicted molar refractivity (Wildman–Crippen MR) is 81.5 cm³/mol. The van der Waals surface area contributed by atoms with Gasteiger partial charge in [0.25, 0.3) is 0 Å². The van der Waals surface area contributed by atoms with Gasteiger partial charge in [-0.3, -0.25) is 9.59 Å². The number of carbonyl (C=O) groups is 2. The van der Waals surface area contributed by atoms with Gasteiger partial charge in [-0.05, 0) is 36.5 Å². The van der Waals surface area contributed by atoms with Crippen LogP contribution in [0.25, 0.3) is 0 Å². The Morgan fingerprint density at radius 2 is 1.75 bits per heavy atom. The van der Waals surface area contributed by atoms with Gasteiger partial charge in [-0.15, -0.1) is 0 Å². The highest BCUT2D eigenvalue weighted by molar-refractivity contribution is 6.39. The summed E-state index contributed by atoms with van der Waals surface area (Å²) in [6.45, 7) is 6.62. The van der Waals surface area contributed by atoms with E-state index < -0.39 is 11.8 Å². The van der Waals surface area contributed by atoms with E-state index in [9.17, 15) is 9.59 Å². The highest BCUT2D eigenvalue weighted by atomic mass is 16.2. The number of unbranched alkanes of at least 4 members (excludes halogenated alkanes) is 1. The van der Waals surface area contributed by atoms with Crippen LogP contribution in [-0.2, 0) is 16.0 Å². The van der Waals surface area contributed by atoms with Gasteiger partial charge in [0.1, 0.15) is 0 Å². The second-order valence-electron chi connectivity index (χ2n) is 5.36. The molecule has 0 heterocycles. The summed E-state index contributed by atoms with van der Waals surface area (Å²) in [5, 5.41) is 5.19. The Morgan fingerprint density at radius 3 is 2.30 bits per heavy atom. The molecule has 0 saturated carbocycles. The maximum atomic E-state index is 11.7. The fourth-order valence-corrected chi connectivity index (χ4v) is 1.70. The molecule has 1 aromatic carbocycles. The molecule has 0 unspecified atom stereocenters. The lowest BCUT2D eigenvalue weighted by Gasteiger charge is -2.08. The van der Waals surface area contributed by atoms with E-state index in [1.165, 1.54) is 5.56 Å². The Morgan fingerprint density at radius 1 is 1.10 bits per heavy atom. The Kier molecular flexibility index (Phi) is 6.77. The lowest BCUT2D eigenvalue weighted by atomic mass is 10.1. The zero-order valence-corrected chi connectivity index (χ0v) is 12.5. The van der Waals surface area contributed by atoms with Crippen LogP contribution in [-0.4, -0.2) is 18.4 Å². The maximum Gasteiger partial charge on any atom is 0.313 e. The first-order chi connectivity index (χ1) is 9.52. The molecule has 0 fully saturated rings. The smallest absolute Gasteiger partial charge is 0.313 e. The van der Waals surface area contributed by atoms with E-state index in [0.717, 1.165) is 19.3 Å². The summed E-state index contributed by atoms with van der Waals surface area (Å²) < 4.78 is 0. The third-order valence-electron chi connectivity index (χ3n) is 2.91. The molecule has 20 heavy (non-hydrogen) atoms. The minimum atomic E-state index is -0.619. The fraction of sp³-hybridized carbons (Fsp3) is 0.500. The van der Waals surface area contributed by atoms with E-state index in [-0.39, 0.29) is 0 Å². The number of amides is 2. The first-order valence-corrected chi connectivity index (χ1v) is 7.21. The lowest BCUT2D eigenvalue weighted by molar-refractivity contribution is -0.136. The van der Waals surface area contributed by atoms with Crippen molar-refractivity contribution in [3.63, 3.8) is 0 Å². The number of benzene rings is 1. The Labute approximate surface area is 121 Å². The molecule has 0 saturated heterocycles. The summed E-state index contributed by atoms with van der Waals surface area (Å²) >= 11 is 0. The minimum Gasteiger partial charge on any atom is -0.348 e. The van der Waals surface area contributed by atoms with Gasteiger partial charge in [0.05, 0.1) is 0 Å². The molecule has 0 spiro atoms. The molecule has 110 valence electrons. The minimum absolute atomic E-state index is 0.324. The van der Waals surface area contributed by atoms with Crippen molar-refractivity contribution in [1.29, 1.82) is 0 Å². The van der Waals surface area contributed by atoms with E-state index in [4.69, 9.17) is 0 Å². The predicted octanol–water partition coefficient (Wildman–Crippen LogP) is 2.74. The number of aryl methyl sites for hydroxylation is 1. The molecule has 0 aliphatic rings. The highest BCUT2D eigenvalue weighted by Gasteiger charge is 2.13. The SMILES string of the molecule is CCCCc1ccc(NC(=O)C(=O)NCC(C)C)cc1. The molecule has 0 atom stereocenters. The van der Waals surface area contributed by atoms with Crippen LogP contribution in [0.15, 0.2) is 24.3 Å². The van der Waals surface area contributed by atoms with E-state index >= 15 is 0 Å². The zero-order chi connectivity index (χ0) is 15.0. The van der Waals surface area contributed by atoms with Crippen LogP contribution in [0.3, 0.4) is 0 Å². The molecular weight excluding hydrogens is 252 g/mol. The summed E-state index contributed by atoms with van der Waals surface area (Å²) in [6, 6.07) is 7.63. The number of nitrogens with one attached hydrogen (secondary N) is 2. The first-order valence-electron chi connectivity index (χ1n) is 7.21. The molecule has 4 heteroatoms. The summed E-state index contributed by atoms with van der Waals surface area (Å²) in [7, 11) is 0. The molecule has 0 radical (unpaired) electrons. The van der Waals surface area contributed by atoms with Gasteiger partial charge in [0, 0.05) is 12.2 Å². The Bertz CT molecular complexity index is 438. The van der Waals surface area contributed by atoms with Crippen molar-refractivity contribution in [1.82, 2.24) is 5.32 Å². The maximum absolute atomic E-state index is 11.7. The number of hydrogen-bond donors (Lipinski definition) is 2. The van der Waals surface area contributed by atoms with Crippen LogP contribution in [0.1, 0.15) is 39.2 Å². The first kappa shape index (κ1) is 16.2. The molecule has 0 aliphatic heterocycles. The average Bonchev–Trinajstić information content (AvgIpc) is 2.43. The van der Waals surface area contributed by atoms with Crippen molar-refractivity contribution in [3.05, 3.63) is 29.8 Å². The summed E-state index contributed by atoms with van der Waals surface area (Å²) in [5.74, 6) is -0.884. The number of hydrogen-bond acceptors (Lipinski definition) is 2. The highest BCUT2D eigenvalue weighted by Crippen LogP contribution is 2.11. The lowest BCUT2D eigenvalue weighted by Crippen LogP contribution is -2.37. The van der Waals surface area contributed by atoms with Crippen LogP contribution in [0.5, 0.6) is 0 Å². The summed E-state index contributed by atoms with van der Waals surface area (Å²) in [4.78, 5) is 23.2. The van der Waals surface area contributed by atoms with Crippen molar-refractivity contribution < 1.29 is 9.59 Å². The number of rotatable bonds is 6. The molecule has 1 rings (SSSR count). The molecule has 2 N–H and O–H groups in total. The van der Waals surface area contributed by atoms with Gasteiger partial charge in [-0.2, -0.15) is 0 Å². The van der Waals surface area contributed by atoms with E-state index in [2.05, 4.69) is 17.6 Å². The van der Waals surface area contributed by atoms with Crippen molar-refractivity contribution in [2.24, 2.45) is 5.92 Å². The number of carbonyl (C=O) groups excluding carboxylic acids is 2. The molecule has 0 bridgehead atoms.